The van der Waals surface area contributed by atoms with Crippen LogP contribution in [0.5, 0.6) is 0 Å². The quantitative estimate of drug-likeness (QED) is 0.786. The molecule has 82 valence electrons. The van der Waals surface area contributed by atoms with Crippen molar-refractivity contribution in [2.24, 2.45) is 4.40 Å². The van der Waals surface area contributed by atoms with E-state index in [-0.39, 0.29) is 4.75 Å². The van der Waals surface area contributed by atoms with Gasteiger partial charge < -0.3 is 0 Å². The van der Waals surface area contributed by atoms with Gasteiger partial charge in [-0.05, 0) is 26.8 Å². The summed E-state index contributed by atoms with van der Waals surface area (Å²) in [5.41, 5.74) is 0.829. The van der Waals surface area contributed by atoms with Gasteiger partial charge in [-0.3, -0.25) is 4.98 Å². The summed E-state index contributed by atoms with van der Waals surface area (Å²) in [5, 5.41) is 0. The molecule has 0 unspecified atom stereocenters. The molecule has 1 heterocycles. The van der Waals surface area contributed by atoms with E-state index in [1.54, 1.807) is 18.6 Å². The Morgan fingerprint density at radius 1 is 1.53 bits per heavy atom. The van der Waals surface area contributed by atoms with Gasteiger partial charge in [0.2, 0.25) is 0 Å². The Labute approximate surface area is 101 Å². The van der Waals surface area contributed by atoms with Crippen molar-refractivity contribution < 1.29 is 4.21 Å². The van der Waals surface area contributed by atoms with Gasteiger partial charge >= 0.3 is 0 Å². The smallest absolute Gasteiger partial charge is 0.144 e. The third-order valence-corrected chi connectivity index (χ3v) is 3.67. The molecule has 0 fully saturated rings. The zero-order valence-electron chi connectivity index (χ0n) is 8.90. The fraction of sp³-hybridized carbons (Fsp3) is 0.400. The monoisotopic (exact) mass is 288 g/mol. The minimum absolute atomic E-state index is 0.328. The highest BCUT2D eigenvalue weighted by Crippen LogP contribution is 2.15. The first-order chi connectivity index (χ1) is 6.91. The molecule has 0 saturated heterocycles. The highest BCUT2D eigenvalue weighted by molar-refractivity contribution is 9.10. The molecule has 0 aliphatic rings. The van der Waals surface area contributed by atoms with Gasteiger partial charge in [0.05, 0.1) is 4.75 Å². The first-order valence-electron chi connectivity index (χ1n) is 4.47. The predicted octanol–water partition coefficient (Wildman–Crippen LogP) is 2.73. The van der Waals surface area contributed by atoms with Gasteiger partial charge in [-0.15, -0.1) is 0 Å². The number of hydrogen-bond acceptors (Lipinski definition) is 2. The number of aromatic nitrogens is 1. The van der Waals surface area contributed by atoms with Crippen molar-refractivity contribution in [2.45, 2.75) is 25.5 Å². The van der Waals surface area contributed by atoms with Gasteiger partial charge in [-0.1, -0.05) is 15.9 Å². The van der Waals surface area contributed by atoms with Crippen molar-refractivity contribution in [1.29, 1.82) is 0 Å². The second-order valence-electron chi connectivity index (χ2n) is 3.99. The minimum atomic E-state index is -1.23. The number of hydrogen-bond donors (Lipinski definition) is 0. The summed E-state index contributed by atoms with van der Waals surface area (Å²) in [5.74, 6) is 0. The van der Waals surface area contributed by atoms with Crippen LogP contribution in [0.15, 0.2) is 27.3 Å². The molecule has 1 aromatic rings. The van der Waals surface area contributed by atoms with Gasteiger partial charge in [-0.25, -0.2) is 4.21 Å². The minimum Gasteiger partial charge on any atom is -0.264 e. The molecular formula is C10H13BrN2OS. The predicted molar refractivity (Wildman–Crippen MR) is 67.4 cm³/mol. The van der Waals surface area contributed by atoms with Gasteiger partial charge in [0.1, 0.15) is 11.0 Å². The van der Waals surface area contributed by atoms with Crippen molar-refractivity contribution in [3.63, 3.8) is 0 Å². The molecule has 3 nitrogen and oxygen atoms in total. The normalized spacial score (nSPS) is 14.4. The third kappa shape index (κ3) is 3.83. The molecule has 1 rings (SSSR count). The molecule has 0 bridgehead atoms. The van der Waals surface area contributed by atoms with Crippen LogP contribution in [0.25, 0.3) is 0 Å². The van der Waals surface area contributed by atoms with E-state index in [0.717, 1.165) is 10.0 Å². The third-order valence-electron chi connectivity index (χ3n) is 1.61. The van der Waals surface area contributed by atoms with E-state index in [1.165, 1.54) is 0 Å². The lowest BCUT2D eigenvalue weighted by Crippen LogP contribution is -2.19. The Morgan fingerprint density at radius 2 is 2.20 bits per heavy atom. The maximum Gasteiger partial charge on any atom is 0.144 e. The van der Waals surface area contributed by atoms with Crippen LogP contribution in [0.4, 0.5) is 0 Å². The van der Waals surface area contributed by atoms with Crippen molar-refractivity contribution in [1.82, 2.24) is 4.98 Å². The Hall–Kier alpha value is -0.550. The van der Waals surface area contributed by atoms with Crippen LogP contribution in [0.3, 0.4) is 0 Å². The fourth-order valence-electron chi connectivity index (χ4n) is 0.747. The average molecular weight is 289 g/mol. The van der Waals surface area contributed by atoms with E-state index in [4.69, 9.17) is 0 Å². The molecule has 1 aromatic heterocycles. The molecular weight excluding hydrogens is 276 g/mol. The lowest BCUT2D eigenvalue weighted by molar-refractivity contribution is 0.651. The molecule has 5 heteroatoms. The molecule has 0 spiro atoms. The van der Waals surface area contributed by atoms with E-state index in [0.29, 0.717) is 0 Å². The van der Waals surface area contributed by atoms with Crippen LogP contribution in [0.2, 0.25) is 0 Å². The Morgan fingerprint density at radius 3 is 2.73 bits per heavy atom. The summed E-state index contributed by atoms with van der Waals surface area (Å²) in [6, 6.07) is 1.82. The maximum atomic E-state index is 11.6. The summed E-state index contributed by atoms with van der Waals surface area (Å²) < 4.78 is 16.2. The molecule has 0 saturated carbocycles. The second-order valence-corrected chi connectivity index (χ2v) is 6.78. The van der Waals surface area contributed by atoms with Crippen LogP contribution in [-0.4, -0.2) is 20.2 Å². The Bertz CT molecular complexity index is 399. The molecule has 0 radical (unpaired) electrons. The van der Waals surface area contributed by atoms with E-state index in [9.17, 15) is 4.21 Å². The zero-order chi connectivity index (χ0) is 11.5. The topological polar surface area (TPSA) is 42.3 Å². The zero-order valence-corrected chi connectivity index (χ0v) is 11.3. The highest BCUT2D eigenvalue weighted by atomic mass is 79.9. The van der Waals surface area contributed by atoms with E-state index in [2.05, 4.69) is 25.3 Å². The van der Waals surface area contributed by atoms with Gasteiger partial charge in [0.15, 0.2) is 0 Å². The molecule has 15 heavy (non-hydrogen) atoms. The fourth-order valence-corrected chi connectivity index (χ4v) is 1.60. The molecule has 0 aliphatic heterocycles. The standard InChI is InChI=1S/C10H13BrN2OS/c1-10(2,3)15(14)13-7-8-6-12-5-4-9(8)11/h4-7H,1-3H3/t15-/m0/s1. The summed E-state index contributed by atoms with van der Waals surface area (Å²) in [6.07, 6.45) is 4.94. The summed E-state index contributed by atoms with van der Waals surface area (Å²) in [7, 11) is -1.23. The van der Waals surface area contributed by atoms with Crippen molar-refractivity contribution >= 4 is 33.1 Å². The van der Waals surface area contributed by atoms with E-state index < -0.39 is 11.0 Å². The largest absolute Gasteiger partial charge is 0.264 e. The van der Waals surface area contributed by atoms with E-state index in [1.807, 2.05) is 26.8 Å². The van der Waals surface area contributed by atoms with Crippen molar-refractivity contribution in [2.75, 3.05) is 0 Å². The first-order valence-corrected chi connectivity index (χ1v) is 6.37. The number of nitrogens with zero attached hydrogens (tertiary/aromatic N) is 2. The summed E-state index contributed by atoms with van der Waals surface area (Å²) in [4.78, 5) is 3.97. The molecule has 1 atom stereocenters. The SMILES string of the molecule is CC(C)(C)[S@](=O)N=Cc1cnccc1Br. The number of pyridine rings is 1. The Balaban J connectivity index is 2.84. The maximum absolute atomic E-state index is 11.6. The van der Waals surface area contributed by atoms with Crippen LogP contribution in [-0.2, 0) is 11.0 Å². The molecule has 0 aliphatic carbocycles. The average Bonchev–Trinajstić information content (AvgIpc) is 2.14. The van der Waals surface area contributed by atoms with Gasteiger partial charge in [0.25, 0.3) is 0 Å². The van der Waals surface area contributed by atoms with Crippen LogP contribution in [0, 0.1) is 0 Å². The lowest BCUT2D eigenvalue weighted by Gasteiger charge is -2.12. The summed E-state index contributed by atoms with van der Waals surface area (Å²) in [6.45, 7) is 5.66. The van der Waals surface area contributed by atoms with Crippen LogP contribution in [0.1, 0.15) is 26.3 Å². The molecule has 0 N–H and O–H groups in total. The number of rotatable bonds is 2. The Kier molecular flexibility index (Phi) is 4.16. The first kappa shape index (κ1) is 12.5. The van der Waals surface area contributed by atoms with Crippen LogP contribution < -0.4 is 0 Å². The van der Waals surface area contributed by atoms with Crippen molar-refractivity contribution in [3.05, 3.63) is 28.5 Å². The number of halogens is 1. The lowest BCUT2D eigenvalue weighted by atomic mass is 10.3. The second kappa shape index (κ2) is 4.99. The highest BCUT2D eigenvalue weighted by Gasteiger charge is 2.18. The van der Waals surface area contributed by atoms with Gasteiger partial charge in [-0.2, -0.15) is 4.40 Å². The van der Waals surface area contributed by atoms with Crippen LogP contribution >= 0.6 is 15.9 Å². The van der Waals surface area contributed by atoms with Gasteiger partial charge in [0, 0.05) is 28.6 Å². The summed E-state index contributed by atoms with van der Waals surface area (Å²) >= 11 is 3.37. The molecule has 0 aromatic carbocycles. The van der Waals surface area contributed by atoms with Crippen molar-refractivity contribution in [3.8, 4) is 0 Å². The molecule has 0 amide bonds. The van der Waals surface area contributed by atoms with E-state index >= 15 is 0 Å².